The Hall–Kier alpha value is 0.0300. The SMILES string of the molecule is Cc1nc(C(F)F)cc(CCl)c1I. The molecule has 13 heavy (non-hydrogen) atoms. The Bertz CT molecular complexity index is 317. The third kappa shape index (κ3) is 2.49. The van der Waals surface area contributed by atoms with Crippen LogP contribution < -0.4 is 0 Å². The predicted molar refractivity (Wildman–Crippen MR) is 56.2 cm³/mol. The van der Waals surface area contributed by atoms with Gasteiger partial charge in [-0.25, -0.2) is 8.78 Å². The molecule has 5 heteroatoms. The van der Waals surface area contributed by atoms with Gasteiger partial charge in [-0.3, -0.25) is 4.98 Å². The number of aromatic nitrogens is 1. The summed E-state index contributed by atoms with van der Waals surface area (Å²) in [5.41, 5.74) is 1.12. The Morgan fingerprint density at radius 3 is 2.69 bits per heavy atom. The molecular formula is C8H7ClF2IN. The molecule has 0 N–H and O–H groups in total. The Kier molecular flexibility index (Phi) is 3.85. The highest BCUT2D eigenvalue weighted by atomic mass is 127. The van der Waals surface area contributed by atoms with Crippen molar-refractivity contribution < 1.29 is 8.78 Å². The van der Waals surface area contributed by atoms with E-state index in [0.29, 0.717) is 11.3 Å². The molecule has 0 aliphatic rings. The van der Waals surface area contributed by atoms with Crippen molar-refractivity contribution >= 4 is 34.2 Å². The molecular weight excluding hydrogens is 310 g/mol. The predicted octanol–water partition coefficient (Wildman–Crippen LogP) is 3.67. The van der Waals surface area contributed by atoms with Crippen molar-refractivity contribution in [1.82, 2.24) is 4.98 Å². The van der Waals surface area contributed by atoms with Crippen LogP contribution in [-0.2, 0) is 5.88 Å². The minimum Gasteiger partial charge on any atom is -0.251 e. The molecule has 0 radical (unpaired) electrons. The molecule has 0 saturated heterocycles. The van der Waals surface area contributed by atoms with Crippen molar-refractivity contribution in [3.8, 4) is 0 Å². The first-order chi connectivity index (χ1) is 6.06. The average Bonchev–Trinajstić information content (AvgIpc) is 2.09. The Labute approximate surface area is 93.6 Å². The first-order valence-corrected chi connectivity index (χ1v) is 5.17. The highest BCUT2D eigenvalue weighted by Gasteiger charge is 2.13. The second-order valence-electron chi connectivity index (χ2n) is 2.54. The van der Waals surface area contributed by atoms with E-state index >= 15 is 0 Å². The molecule has 1 aromatic rings. The summed E-state index contributed by atoms with van der Waals surface area (Å²) >= 11 is 7.66. The van der Waals surface area contributed by atoms with E-state index in [0.717, 1.165) is 3.57 Å². The molecule has 0 aromatic carbocycles. The quantitative estimate of drug-likeness (QED) is 0.599. The number of rotatable bonds is 2. The maximum Gasteiger partial charge on any atom is 0.280 e. The number of hydrogen-bond donors (Lipinski definition) is 0. The third-order valence-corrected chi connectivity index (χ3v) is 3.35. The minimum absolute atomic E-state index is 0.200. The van der Waals surface area contributed by atoms with Crippen molar-refractivity contribution in [1.29, 1.82) is 0 Å². The molecule has 1 heterocycles. The standard InChI is InChI=1S/C8H7ClF2IN/c1-4-7(12)5(3-9)2-6(13-4)8(10)11/h2,8H,3H2,1H3. The molecule has 1 aromatic heterocycles. The normalized spacial score (nSPS) is 10.9. The number of aryl methyl sites for hydroxylation is 1. The van der Waals surface area contributed by atoms with Crippen LogP contribution in [0.1, 0.15) is 23.4 Å². The summed E-state index contributed by atoms with van der Waals surface area (Å²) in [4.78, 5) is 3.76. The molecule has 0 spiro atoms. The van der Waals surface area contributed by atoms with Crippen LogP contribution in [0.25, 0.3) is 0 Å². The van der Waals surface area contributed by atoms with Gasteiger partial charge in [0.05, 0.1) is 5.69 Å². The maximum absolute atomic E-state index is 12.3. The number of alkyl halides is 3. The summed E-state index contributed by atoms with van der Waals surface area (Å²) in [5, 5.41) is 0. The highest BCUT2D eigenvalue weighted by molar-refractivity contribution is 14.1. The number of pyridine rings is 1. The number of halogens is 4. The first kappa shape index (κ1) is 11.1. The molecule has 0 bridgehead atoms. The molecule has 0 fully saturated rings. The van der Waals surface area contributed by atoms with Crippen LogP contribution in [-0.4, -0.2) is 4.98 Å². The second-order valence-corrected chi connectivity index (χ2v) is 3.89. The van der Waals surface area contributed by atoms with Crippen molar-refractivity contribution in [2.24, 2.45) is 0 Å². The van der Waals surface area contributed by atoms with Gasteiger partial charge < -0.3 is 0 Å². The molecule has 0 aliphatic carbocycles. The monoisotopic (exact) mass is 317 g/mol. The summed E-state index contributed by atoms with van der Waals surface area (Å²) in [6.45, 7) is 1.70. The number of hydrogen-bond acceptors (Lipinski definition) is 1. The van der Waals surface area contributed by atoms with E-state index in [4.69, 9.17) is 11.6 Å². The van der Waals surface area contributed by atoms with Gasteiger partial charge in [0.2, 0.25) is 0 Å². The lowest BCUT2D eigenvalue weighted by molar-refractivity contribution is 0.145. The van der Waals surface area contributed by atoms with Crippen molar-refractivity contribution in [3.05, 3.63) is 26.6 Å². The lowest BCUT2D eigenvalue weighted by atomic mass is 10.2. The zero-order valence-corrected chi connectivity index (χ0v) is 9.73. The van der Waals surface area contributed by atoms with Gasteiger partial charge in [0.25, 0.3) is 6.43 Å². The van der Waals surface area contributed by atoms with E-state index in [2.05, 4.69) is 27.6 Å². The van der Waals surface area contributed by atoms with Crippen LogP contribution in [0.4, 0.5) is 8.78 Å². The van der Waals surface area contributed by atoms with Gasteiger partial charge in [0.1, 0.15) is 5.69 Å². The highest BCUT2D eigenvalue weighted by Crippen LogP contribution is 2.23. The fourth-order valence-electron chi connectivity index (χ4n) is 0.958. The van der Waals surface area contributed by atoms with E-state index in [1.54, 1.807) is 6.92 Å². The molecule has 1 nitrogen and oxygen atoms in total. The van der Waals surface area contributed by atoms with Gasteiger partial charge >= 0.3 is 0 Å². The van der Waals surface area contributed by atoms with Gasteiger partial charge in [-0.05, 0) is 41.1 Å². The number of nitrogens with zero attached hydrogens (tertiary/aromatic N) is 1. The summed E-state index contributed by atoms with van der Waals surface area (Å²) < 4.78 is 25.4. The van der Waals surface area contributed by atoms with E-state index in [-0.39, 0.29) is 11.6 Å². The van der Waals surface area contributed by atoms with Crippen LogP contribution in [0.15, 0.2) is 6.07 Å². The summed E-state index contributed by atoms with van der Waals surface area (Å²) in [6, 6.07) is 1.35. The van der Waals surface area contributed by atoms with Crippen molar-refractivity contribution in [3.63, 3.8) is 0 Å². The lowest BCUT2D eigenvalue weighted by Gasteiger charge is -2.06. The smallest absolute Gasteiger partial charge is 0.251 e. The Morgan fingerprint density at radius 2 is 2.23 bits per heavy atom. The minimum atomic E-state index is -2.53. The second kappa shape index (κ2) is 4.50. The van der Waals surface area contributed by atoms with Crippen LogP contribution >= 0.6 is 34.2 Å². The molecule has 72 valence electrons. The van der Waals surface area contributed by atoms with Gasteiger partial charge in [0.15, 0.2) is 0 Å². The molecule has 0 unspecified atom stereocenters. The van der Waals surface area contributed by atoms with E-state index in [1.807, 2.05) is 0 Å². The summed E-state index contributed by atoms with van der Waals surface area (Å²) in [5.74, 6) is 0.237. The lowest BCUT2D eigenvalue weighted by Crippen LogP contribution is -1.99. The molecule has 0 atom stereocenters. The van der Waals surface area contributed by atoms with E-state index < -0.39 is 6.43 Å². The van der Waals surface area contributed by atoms with E-state index in [9.17, 15) is 8.78 Å². The fourth-order valence-corrected chi connectivity index (χ4v) is 1.86. The molecule has 0 amide bonds. The van der Waals surface area contributed by atoms with E-state index in [1.165, 1.54) is 6.07 Å². The average molecular weight is 318 g/mol. The van der Waals surface area contributed by atoms with Crippen molar-refractivity contribution in [2.75, 3.05) is 0 Å². The third-order valence-electron chi connectivity index (χ3n) is 1.59. The van der Waals surface area contributed by atoms with Gasteiger partial charge in [-0.1, -0.05) is 0 Å². The van der Waals surface area contributed by atoms with Crippen LogP contribution in [0.2, 0.25) is 0 Å². The Balaban J connectivity index is 3.22. The summed E-state index contributed by atoms with van der Waals surface area (Å²) in [7, 11) is 0. The molecule has 0 aliphatic heterocycles. The fraction of sp³-hybridized carbons (Fsp3) is 0.375. The topological polar surface area (TPSA) is 12.9 Å². The van der Waals surface area contributed by atoms with Crippen LogP contribution in [0.5, 0.6) is 0 Å². The zero-order valence-electron chi connectivity index (χ0n) is 6.82. The van der Waals surface area contributed by atoms with Crippen molar-refractivity contribution in [2.45, 2.75) is 19.2 Å². The maximum atomic E-state index is 12.3. The van der Waals surface area contributed by atoms with Crippen LogP contribution in [0.3, 0.4) is 0 Å². The first-order valence-electron chi connectivity index (χ1n) is 3.56. The zero-order chi connectivity index (χ0) is 10.0. The largest absolute Gasteiger partial charge is 0.280 e. The molecule has 0 saturated carbocycles. The van der Waals surface area contributed by atoms with Gasteiger partial charge in [0, 0.05) is 9.45 Å². The Morgan fingerprint density at radius 1 is 1.62 bits per heavy atom. The molecule has 1 rings (SSSR count). The van der Waals surface area contributed by atoms with Crippen LogP contribution in [0, 0.1) is 10.5 Å². The summed E-state index contributed by atoms with van der Waals surface area (Å²) in [6.07, 6.45) is -2.53. The van der Waals surface area contributed by atoms with Gasteiger partial charge in [-0.2, -0.15) is 0 Å². The van der Waals surface area contributed by atoms with Gasteiger partial charge in [-0.15, -0.1) is 11.6 Å².